The van der Waals surface area contributed by atoms with Gasteiger partial charge in [0.05, 0.1) is 49.1 Å². The van der Waals surface area contributed by atoms with Crippen molar-refractivity contribution in [3.05, 3.63) is 59.6 Å². The molecule has 212 valence electrons. The third kappa shape index (κ3) is 5.02. The van der Waals surface area contributed by atoms with E-state index in [0.717, 1.165) is 67.8 Å². The quantitative estimate of drug-likeness (QED) is 0.342. The molecule has 4 aromatic rings. The first kappa shape index (κ1) is 26.6. The number of fused-ring (bicyclic) bond motifs is 1. The molecule has 1 atom stereocenters. The average molecular weight is 562 g/mol. The number of aromatic nitrogens is 6. The lowest BCUT2D eigenvalue weighted by atomic mass is 10.0. The maximum Gasteiger partial charge on any atom is 0.420 e. The predicted octanol–water partition coefficient (Wildman–Crippen LogP) is 3.60. The second-order valence-electron chi connectivity index (χ2n) is 10.1. The first-order valence-corrected chi connectivity index (χ1v) is 12.9. The Kier molecular flexibility index (Phi) is 6.92. The number of hydrogen-bond acceptors (Lipinski definition) is 8. The normalized spacial score (nSPS) is 18.2. The molecule has 0 amide bonds. The molecular weight excluding hydrogens is 534 g/mol. The molecule has 6 heterocycles. The minimum absolute atomic E-state index is 0.118. The van der Waals surface area contributed by atoms with E-state index in [2.05, 4.69) is 25.3 Å². The molecule has 2 aliphatic heterocycles. The monoisotopic (exact) mass is 561 g/mol. The van der Waals surface area contributed by atoms with Crippen LogP contribution in [0.5, 0.6) is 5.75 Å². The van der Waals surface area contributed by atoms with E-state index in [4.69, 9.17) is 9.47 Å². The summed E-state index contributed by atoms with van der Waals surface area (Å²) in [5, 5.41) is 23.2. The SMILES string of the molecule is Cc1c(-c2cc(OC[C@@H](O)c3ccc(F)cn3)c3c(C(F)(F)F)cnn3c2)nnn1C1CCN(C2COC2)CC1. The molecule has 10 nitrogen and oxygen atoms in total. The number of pyridine rings is 2. The van der Waals surface area contributed by atoms with Crippen LogP contribution >= 0.6 is 0 Å². The van der Waals surface area contributed by atoms with E-state index in [1.165, 1.54) is 18.3 Å². The second kappa shape index (κ2) is 10.4. The minimum atomic E-state index is -4.68. The Morgan fingerprint density at radius 2 is 1.93 bits per heavy atom. The molecule has 6 rings (SSSR count). The number of hydrogen-bond donors (Lipinski definition) is 1. The Bertz CT molecular complexity index is 1490. The topological polar surface area (TPSA) is 103 Å². The zero-order chi connectivity index (χ0) is 28.0. The third-order valence-corrected chi connectivity index (χ3v) is 7.55. The molecule has 0 aliphatic carbocycles. The summed E-state index contributed by atoms with van der Waals surface area (Å²) in [4.78, 5) is 6.24. The fourth-order valence-corrected chi connectivity index (χ4v) is 5.25. The number of rotatable bonds is 7. The van der Waals surface area contributed by atoms with Gasteiger partial charge in [-0.1, -0.05) is 5.21 Å². The van der Waals surface area contributed by atoms with Crippen LogP contribution in [-0.2, 0) is 10.9 Å². The van der Waals surface area contributed by atoms with E-state index in [-0.39, 0.29) is 23.0 Å². The average Bonchev–Trinajstić information content (AvgIpc) is 3.51. The standard InChI is InChI=1S/C26H27F4N7O3/c1-15-24(33-34-37(15)18-4-6-35(7-5-18)19-12-39-13-19)16-8-23(25-20(26(28,29)30)10-32-36(25)11-16)40-14-22(38)21-3-2-17(27)9-31-21/h2-3,8-11,18-19,22,38H,4-7,12-14H2,1H3/t22-/m1/s1. The summed E-state index contributed by atoms with van der Waals surface area (Å²) < 4.78 is 68.6. The van der Waals surface area contributed by atoms with Gasteiger partial charge in [0.25, 0.3) is 0 Å². The molecule has 0 saturated carbocycles. The highest BCUT2D eigenvalue weighted by atomic mass is 19.4. The van der Waals surface area contributed by atoms with Gasteiger partial charge < -0.3 is 14.6 Å². The van der Waals surface area contributed by atoms with Crippen molar-refractivity contribution in [3.63, 3.8) is 0 Å². The Morgan fingerprint density at radius 1 is 1.15 bits per heavy atom. The zero-order valence-electron chi connectivity index (χ0n) is 21.6. The van der Waals surface area contributed by atoms with Gasteiger partial charge in [-0.2, -0.15) is 18.3 Å². The van der Waals surface area contributed by atoms with Crippen LogP contribution in [0.25, 0.3) is 16.8 Å². The molecule has 0 bridgehead atoms. The fourth-order valence-electron chi connectivity index (χ4n) is 5.25. The first-order chi connectivity index (χ1) is 19.2. The van der Waals surface area contributed by atoms with Gasteiger partial charge in [-0.25, -0.2) is 13.6 Å². The molecular formula is C26H27F4N7O3. The number of aliphatic hydroxyl groups excluding tert-OH is 1. The van der Waals surface area contributed by atoms with Gasteiger partial charge in [0, 0.05) is 24.8 Å². The van der Waals surface area contributed by atoms with Crippen molar-refractivity contribution in [2.75, 3.05) is 32.9 Å². The number of piperidine rings is 1. The highest BCUT2D eigenvalue weighted by Crippen LogP contribution is 2.39. The molecule has 40 heavy (non-hydrogen) atoms. The van der Waals surface area contributed by atoms with Gasteiger partial charge in [0.1, 0.15) is 41.1 Å². The maximum atomic E-state index is 13.8. The number of ether oxygens (including phenoxy) is 2. The summed E-state index contributed by atoms with van der Waals surface area (Å²) in [6.07, 6.45) is -1.06. The lowest BCUT2D eigenvalue weighted by Gasteiger charge is -2.41. The van der Waals surface area contributed by atoms with Crippen molar-refractivity contribution in [2.24, 2.45) is 0 Å². The van der Waals surface area contributed by atoms with E-state index in [1.54, 1.807) is 0 Å². The third-order valence-electron chi connectivity index (χ3n) is 7.55. The molecule has 2 aliphatic rings. The van der Waals surface area contributed by atoms with Crippen LogP contribution in [0.15, 0.2) is 36.8 Å². The Labute approximate surface area is 226 Å². The van der Waals surface area contributed by atoms with Crippen LogP contribution in [0.1, 0.15) is 41.9 Å². The lowest BCUT2D eigenvalue weighted by molar-refractivity contribution is -0.136. The van der Waals surface area contributed by atoms with E-state index in [1.807, 2.05) is 11.6 Å². The molecule has 0 spiro atoms. The summed E-state index contributed by atoms with van der Waals surface area (Å²) in [5.41, 5.74) is 0.565. The molecule has 2 fully saturated rings. The van der Waals surface area contributed by atoms with Crippen LogP contribution in [-0.4, -0.2) is 78.6 Å². The Hall–Kier alpha value is -3.62. The summed E-state index contributed by atoms with van der Waals surface area (Å²) in [7, 11) is 0. The van der Waals surface area contributed by atoms with E-state index >= 15 is 0 Å². The largest absolute Gasteiger partial charge is 0.488 e. The molecule has 0 aromatic carbocycles. The van der Waals surface area contributed by atoms with Crippen LogP contribution in [0.4, 0.5) is 17.6 Å². The van der Waals surface area contributed by atoms with E-state index < -0.39 is 30.3 Å². The second-order valence-corrected chi connectivity index (χ2v) is 10.1. The summed E-state index contributed by atoms with van der Waals surface area (Å²) in [5.74, 6) is -0.726. The van der Waals surface area contributed by atoms with Gasteiger partial charge in [0.15, 0.2) is 0 Å². The number of likely N-dealkylation sites (tertiary alicyclic amines) is 1. The zero-order valence-corrected chi connectivity index (χ0v) is 21.6. The number of nitrogens with zero attached hydrogens (tertiary/aromatic N) is 7. The van der Waals surface area contributed by atoms with Gasteiger partial charge >= 0.3 is 6.18 Å². The molecule has 1 N–H and O–H groups in total. The highest BCUT2D eigenvalue weighted by Gasteiger charge is 2.36. The Balaban J connectivity index is 1.29. The lowest BCUT2D eigenvalue weighted by Crippen LogP contribution is -2.52. The summed E-state index contributed by atoms with van der Waals surface area (Å²) >= 11 is 0. The maximum absolute atomic E-state index is 13.8. The molecule has 2 saturated heterocycles. The minimum Gasteiger partial charge on any atom is -0.488 e. The van der Waals surface area contributed by atoms with Crippen LogP contribution in [0.3, 0.4) is 0 Å². The van der Waals surface area contributed by atoms with Crippen LogP contribution in [0, 0.1) is 12.7 Å². The van der Waals surface area contributed by atoms with Crippen molar-refractivity contribution in [1.82, 2.24) is 34.5 Å². The Morgan fingerprint density at radius 3 is 2.58 bits per heavy atom. The van der Waals surface area contributed by atoms with Gasteiger partial charge in [-0.3, -0.25) is 9.88 Å². The van der Waals surface area contributed by atoms with Gasteiger partial charge in [0.2, 0.25) is 0 Å². The fraction of sp³-hybridized carbons (Fsp3) is 0.462. The number of halogens is 4. The number of alkyl halides is 3. The molecule has 0 unspecified atom stereocenters. The van der Waals surface area contributed by atoms with Gasteiger partial charge in [-0.05, 0) is 38.0 Å². The highest BCUT2D eigenvalue weighted by molar-refractivity contribution is 5.73. The molecule has 0 radical (unpaired) electrons. The van der Waals surface area contributed by atoms with Crippen molar-refractivity contribution < 1.29 is 32.1 Å². The summed E-state index contributed by atoms with van der Waals surface area (Å²) in [6.45, 7) is 4.85. The van der Waals surface area contributed by atoms with Crippen molar-refractivity contribution in [3.8, 4) is 17.0 Å². The molecule has 14 heteroatoms. The number of aliphatic hydroxyl groups is 1. The van der Waals surface area contributed by atoms with E-state index in [0.29, 0.717) is 17.3 Å². The van der Waals surface area contributed by atoms with Crippen molar-refractivity contribution >= 4 is 5.52 Å². The predicted molar refractivity (Wildman–Crippen MR) is 133 cm³/mol. The van der Waals surface area contributed by atoms with E-state index in [9.17, 15) is 22.7 Å². The van der Waals surface area contributed by atoms with Crippen LogP contribution in [0.2, 0.25) is 0 Å². The van der Waals surface area contributed by atoms with Gasteiger partial charge in [-0.15, -0.1) is 5.10 Å². The van der Waals surface area contributed by atoms with Crippen molar-refractivity contribution in [2.45, 2.75) is 44.1 Å². The van der Waals surface area contributed by atoms with Crippen molar-refractivity contribution in [1.29, 1.82) is 0 Å². The first-order valence-electron chi connectivity index (χ1n) is 12.9. The summed E-state index contributed by atoms with van der Waals surface area (Å²) in [6, 6.07) is 4.48. The van der Waals surface area contributed by atoms with Crippen LogP contribution < -0.4 is 4.74 Å². The molecule has 4 aromatic heterocycles. The smallest absolute Gasteiger partial charge is 0.420 e.